The van der Waals surface area contributed by atoms with E-state index in [-0.39, 0.29) is 51.7 Å². The molecule has 1 N–H and O–H groups in total. The van der Waals surface area contributed by atoms with Gasteiger partial charge in [-0.3, -0.25) is 4.79 Å². The number of rotatable bonds is 2. The van der Waals surface area contributed by atoms with Crippen molar-refractivity contribution in [3.63, 3.8) is 0 Å². The number of cyclic esters (lactones) is 1. The summed E-state index contributed by atoms with van der Waals surface area (Å²) in [5.41, 5.74) is 2.10. The minimum absolute atomic E-state index is 0. The summed E-state index contributed by atoms with van der Waals surface area (Å²) in [6.45, 7) is 3.81. The molecule has 1 atom stereocenters. The zero-order valence-electron chi connectivity index (χ0n) is 16.8. The summed E-state index contributed by atoms with van der Waals surface area (Å²) in [6, 6.07) is 6.15. The van der Waals surface area contributed by atoms with E-state index < -0.39 is 11.6 Å². The fourth-order valence-corrected chi connectivity index (χ4v) is 4.54. The van der Waals surface area contributed by atoms with Crippen molar-refractivity contribution in [1.82, 2.24) is 9.55 Å². The van der Waals surface area contributed by atoms with Gasteiger partial charge in [-0.15, -0.1) is 0 Å². The molecule has 2 aliphatic heterocycles. The number of ether oxygens (including phenoxy) is 1. The van der Waals surface area contributed by atoms with Crippen LogP contribution in [0.1, 0.15) is 42.5 Å². The normalized spacial score (nSPS) is 19.0. The second kappa shape index (κ2) is 7.23. The number of carbonyl (C=O) groups is 1. The number of pyridine rings is 2. The summed E-state index contributed by atoms with van der Waals surface area (Å²) in [4.78, 5) is 30.2. The van der Waals surface area contributed by atoms with Gasteiger partial charge in [0.25, 0.3) is 5.56 Å². The fraction of sp³-hybridized carbons (Fsp3) is 0.318. The number of benzene rings is 1. The van der Waals surface area contributed by atoms with Crippen LogP contribution in [0.25, 0.3) is 22.3 Å². The molecule has 0 amide bonds. The van der Waals surface area contributed by atoms with Gasteiger partial charge in [0.2, 0.25) is 0 Å². The van der Waals surface area contributed by atoms with E-state index in [1.54, 1.807) is 23.6 Å². The number of carbonyl (C=O) groups excluding carboxylic acids is 1. The van der Waals surface area contributed by atoms with Gasteiger partial charge in [0.05, 0.1) is 29.0 Å². The van der Waals surface area contributed by atoms with E-state index in [1.165, 1.54) is 12.1 Å². The predicted molar refractivity (Wildman–Crippen MR) is 112 cm³/mol. The molecule has 2 aromatic heterocycles. The van der Waals surface area contributed by atoms with Crippen molar-refractivity contribution in [1.29, 1.82) is 0 Å². The third kappa shape index (κ3) is 2.71. The van der Waals surface area contributed by atoms with Crippen molar-refractivity contribution in [2.45, 2.75) is 45.4 Å². The summed E-state index contributed by atoms with van der Waals surface area (Å²) in [7, 11) is 0. The Balaban J connectivity index is 0.00000218. The number of fused-ring (bicyclic) bond motifs is 5. The molecule has 4 heterocycles. The van der Waals surface area contributed by atoms with Gasteiger partial charge in [-0.25, -0.2) is 14.2 Å². The Morgan fingerprint density at radius 1 is 1.23 bits per heavy atom. The van der Waals surface area contributed by atoms with Crippen LogP contribution >= 0.6 is 0 Å². The first-order chi connectivity index (χ1) is 13.9. The van der Waals surface area contributed by atoms with Gasteiger partial charge in [0, 0.05) is 16.5 Å². The van der Waals surface area contributed by atoms with Crippen LogP contribution in [0.5, 0.6) is 0 Å². The number of aliphatic hydroxyl groups is 1. The van der Waals surface area contributed by atoms with Gasteiger partial charge in [-0.05, 0) is 42.7 Å². The third-order valence-corrected chi connectivity index (χ3v) is 6.12. The zero-order chi connectivity index (χ0) is 20.5. The number of esters is 1. The van der Waals surface area contributed by atoms with Gasteiger partial charge >= 0.3 is 33.3 Å². The first-order valence-electron chi connectivity index (χ1n) is 9.67. The van der Waals surface area contributed by atoms with Crippen LogP contribution in [0.3, 0.4) is 0 Å². The topological polar surface area (TPSA) is 81.4 Å². The molecule has 3 aromatic rings. The van der Waals surface area contributed by atoms with Crippen LogP contribution in [0.4, 0.5) is 4.39 Å². The summed E-state index contributed by atoms with van der Waals surface area (Å²) < 4.78 is 20.5. The second-order valence-corrected chi connectivity index (χ2v) is 7.54. The molecule has 1 aromatic carbocycles. The Kier molecular flexibility index (Phi) is 5.08. The number of hydrogen-bond acceptors (Lipinski definition) is 5. The van der Waals surface area contributed by atoms with E-state index in [0.29, 0.717) is 41.0 Å². The predicted octanol–water partition coefficient (Wildman–Crippen LogP) is 1.86. The van der Waals surface area contributed by atoms with Crippen LogP contribution in [-0.4, -0.2) is 47.9 Å². The molecular weight excluding hydrogens is 582 g/mol. The quantitative estimate of drug-likeness (QED) is 0.280. The molecule has 6 nitrogen and oxygen atoms in total. The molecule has 0 spiro atoms. The van der Waals surface area contributed by atoms with Gasteiger partial charge in [-0.2, -0.15) is 0 Å². The molecule has 1 unspecified atom stereocenters. The first kappa shape index (κ1) is 21.1. The molecule has 2 radical (unpaired) electrons. The van der Waals surface area contributed by atoms with E-state index in [1.807, 2.05) is 6.92 Å². The Bertz CT molecular complexity index is 1290. The molecule has 0 fully saturated rings. The van der Waals surface area contributed by atoms with Gasteiger partial charge in [0.15, 0.2) is 5.60 Å². The molecule has 0 saturated heterocycles. The van der Waals surface area contributed by atoms with Crippen molar-refractivity contribution >= 4 is 44.2 Å². The molecule has 154 valence electrons. The molecule has 5 rings (SSSR count). The average molecular weight is 604 g/mol. The van der Waals surface area contributed by atoms with Crippen LogP contribution in [0.15, 0.2) is 29.1 Å². The van der Waals surface area contributed by atoms with Crippen molar-refractivity contribution in [3.8, 4) is 11.4 Å². The Hall–Kier alpha value is -2.14. The molecule has 30 heavy (non-hydrogen) atoms. The Morgan fingerprint density at radius 3 is 2.70 bits per heavy atom. The fourth-order valence-electron chi connectivity index (χ4n) is 4.54. The van der Waals surface area contributed by atoms with Crippen LogP contribution in [0, 0.1) is 5.82 Å². The maximum absolute atomic E-state index is 13.8. The zero-order valence-corrected chi connectivity index (χ0v) is 22.3. The van der Waals surface area contributed by atoms with Crippen molar-refractivity contribution in [3.05, 3.63) is 62.7 Å². The number of hydrogen-bond donors (Lipinski definition) is 1. The number of nitrogens with zero attached hydrogens (tertiary/aromatic N) is 2. The SMILES string of the molecule is CCc1c2c(nc3ccc(F)cc13)-c1cc3c(c(=O)n1C2)COC(=O)C3(O)CC.[PbH2]. The van der Waals surface area contributed by atoms with Crippen LogP contribution < -0.4 is 5.56 Å². The number of aromatic nitrogens is 2. The second-order valence-electron chi connectivity index (χ2n) is 7.54. The van der Waals surface area contributed by atoms with E-state index in [0.717, 1.165) is 16.5 Å². The number of halogens is 1. The van der Waals surface area contributed by atoms with Crippen LogP contribution in [0.2, 0.25) is 0 Å². The Labute approximate surface area is 191 Å². The summed E-state index contributed by atoms with van der Waals surface area (Å²) >= 11 is 0. The van der Waals surface area contributed by atoms with Gasteiger partial charge < -0.3 is 14.4 Å². The van der Waals surface area contributed by atoms with Gasteiger partial charge in [-0.1, -0.05) is 13.8 Å². The standard InChI is InChI=1S/C22H19FN2O4.Pb.2H/c1-3-12-13-7-11(23)5-6-17(13)24-19-14(12)9-25-18(19)8-16-15(20(25)26)10-29-21(27)22(16,28)4-2;;;/h5-8,28H,3-4,9-10H2,1-2H3;;;. The van der Waals surface area contributed by atoms with Crippen molar-refractivity contribution in [2.75, 3.05) is 0 Å². The van der Waals surface area contributed by atoms with E-state index >= 15 is 0 Å². The maximum atomic E-state index is 13.8. The van der Waals surface area contributed by atoms with E-state index in [4.69, 9.17) is 9.72 Å². The van der Waals surface area contributed by atoms with Crippen molar-refractivity contribution < 1.29 is 19.0 Å². The number of aryl methyl sites for hydroxylation is 1. The minimum atomic E-state index is -1.85. The van der Waals surface area contributed by atoms with Crippen molar-refractivity contribution in [2.24, 2.45) is 0 Å². The average Bonchev–Trinajstić information content (AvgIpc) is 3.08. The summed E-state index contributed by atoms with van der Waals surface area (Å²) in [5.74, 6) is -1.08. The van der Waals surface area contributed by atoms with E-state index in [2.05, 4.69) is 0 Å². The monoisotopic (exact) mass is 604 g/mol. The molecular formula is C22H21FN2O4Pb. The molecule has 0 aliphatic carbocycles. The molecule has 0 bridgehead atoms. The summed E-state index contributed by atoms with van der Waals surface area (Å²) in [6.07, 6.45) is 0.757. The summed E-state index contributed by atoms with van der Waals surface area (Å²) in [5, 5.41) is 11.7. The first-order valence-corrected chi connectivity index (χ1v) is 9.67. The molecule has 2 aliphatic rings. The third-order valence-electron chi connectivity index (χ3n) is 6.12. The molecule has 0 saturated carbocycles. The molecule has 8 heteroatoms. The van der Waals surface area contributed by atoms with E-state index in [9.17, 15) is 19.1 Å². The van der Waals surface area contributed by atoms with Gasteiger partial charge in [0.1, 0.15) is 12.4 Å². The Morgan fingerprint density at radius 2 is 2.00 bits per heavy atom. The van der Waals surface area contributed by atoms with Crippen LogP contribution in [-0.2, 0) is 34.7 Å².